The zero-order valence-corrected chi connectivity index (χ0v) is 15.0. The summed E-state index contributed by atoms with van der Waals surface area (Å²) in [5.74, 6) is -0.231. The smallest absolute Gasteiger partial charge is 0.340 e. The van der Waals surface area contributed by atoms with Gasteiger partial charge in [-0.3, -0.25) is 0 Å². The molecule has 0 saturated heterocycles. The molecule has 26 heavy (non-hydrogen) atoms. The Morgan fingerprint density at radius 3 is 2.81 bits per heavy atom. The number of esters is 1. The van der Waals surface area contributed by atoms with Crippen molar-refractivity contribution in [1.29, 1.82) is 0 Å². The molecule has 134 valence electrons. The number of aryl methyl sites for hydroxylation is 1. The van der Waals surface area contributed by atoms with E-state index in [2.05, 4.69) is 10.2 Å². The predicted molar refractivity (Wildman–Crippen MR) is 94.5 cm³/mol. The summed E-state index contributed by atoms with van der Waals surface area (Å²) in [6.45, 7) is 1.69. The van der Waals surface area contributed by atoms with Crippen molar-refractivity contribution in [3.63, 3.8) is 0 Å². The summed E-state index contributed by atoms with van der Waals surface area (Å²) in [6, 6.07) is 5.76. The van der Waals surface area contributed by atoms with Gasteiger partial charge in [-0.05, 0) is 62.4 Å². The second-order valence-corrected chi connectivity index (χ2v) is 7.22. The Hall–Kier alpha value is -2.54. The number of carbonyl (C=O) groups is 1. The number of hydrogen-bond donors (Lipinski definition) is 0. The molecule has 2 aromatic heterocycles. The molecule has 0 fully saturated rings. The number of halogens is 1. The minimum absolute atomic E-state index is 0.210. The van der Waals surface area contributed by atoms with Gasteiger partial charge >= 0.3 is 5.97 Å². The van der Waals surface area contributed by atoms with Crippen molar-refractivity contribution in [1.82, 2.24) is 10.2 Å². The largest absolute Gasteiger partial charge is 0.449 e. The van der Waals surface area contributed by atoms with Crippen LogP contribution in [0.5, 0.6) is 0 Å². The molecule has 0 radical (unpaired) electrons. The molecule has 2 heterocycles. The highest BCUT2D eigenvalue weighted by Gasteiger charge is 2.25. The van der Waals surface area contributed by atoms with Crippen molar-refractivity contribution in [3.8, 4) is 11.5 Å². The summed E-state index contributed by atoms with van der Waals surface area (Å²) in [6.07, 6.45) is 3.57. The highest BCUT2D eigenvalue weighted by atomic mass is 32.1. The summed E-state index contributed by atoms with van der Waals surface area (Å²) in [7, 11) is 0. The number of benzene rings is 1. The molecular formula is C19H17FN2O3S. The highest BCUT2D eigenvalue weighted by molar-refractivity contribution is 7.10. The second kappa shape index (κ2) is 6.99. The van der Waals surface area contributed by atoms with E-state index in [-0.39, 0.29) is 23.6 Å². The lowest BCUT2D eigenvalue weighted by atomic mass is 9.96. The summed E-state index contributed by atoms with van der Waals surface area (Å²) in [5.41, 5.74) is 2.38. The van der Waals surface area contributed by atoms with Gasteiger partial charge in [-0.2, -0.15) is 0 Å². The molecule has 0 spiro atoms. The summed E-state index contributed by atoms with van der Waals surface area (Å²) in [4.78, 5) is 13.8. The van der Waals surface area contributed by atoms with Gasteiger partial charge in [-0.25, -0.2) is 9.18 Å². The van der Waals surface area contributed by atoms with Crippen LogP contribution < -0.4 is 0 Å². The molecule has 0 amide bonds. The number of hydrogen-bond acceptors (Lipinski definition) is 6. The number of aromatic nitrogens is 2. The van der Waals surface area contributed by atoms with E-state index in [1.165, 1.54) is 23.4 Å². The lowest BCUT2D eigenvalue weighted by Gasteiger charge is -2.13. The van der Waals surface area contributed by atoms with Crippen LogP contribution in [-0.4, -0.2) is 16.2 Å². The van der Waals surface area contributed by atoms with Crippen LogP contribution in [0, 0.1) is 5.82 Å². The maximum Gasteiger partial charge on any atom is 0.340 e. The number of thiophene rings is 1. The fourth-order valence-electron chi connectivity index (χ4n) is 3.05. The number of carbonyl (C=O) groups excluding carboxylic acids is 1. The third-order valence-corrected chi connectivity index (χ3v) is 5.53. The molecule has 7 heteroatoms. The quantitative estimate of drug-likeness (QED) is 0.619. The van der Waals surface area contributed by atoms with Gasteiger partial charge < -0.3 is 9.15 Å². The maximum atomic E-state index is 13.0. The van der Waals surface area contributed by atoms with Crippen LogP contribution in [0.2, 0.25) is 0 Å². The van der Waals surface area contributed by atoms with Crippen molar-refractivity contribution in [2.45, 2.75) is 38.7 Å². The second-order valence-electron chi connectivity index (χ2n) is 6.26. The van der Waals surface area contributed by atoms with E-state index >= 15 is 0 Å². The number of fused-ring (bicyclic) bond motifs is 1. The predicted octanol–water partition coefficient (Wildman–Crippen LogP) is 4.73. The third-order valence-electron chi connectivity index (χ3n) is 4.44. The number of ether oxygens (including phenoxy) is 1. The molecule has 1 aliphatic carbocycles. The lowest BCUT2D eigenvalue weighted by Crippen LogP contribution is -2.12. The normalized spacial score (nSPS) is 14.7. The van der Waals surface area contributed by atoms with Gasteiger partial charge in [0.15, 0.2) is 6.10 Å². The van der Waals surface area contributed by atoms with Gasteiger partial charge in [0.05, 0.1) is 5.56 Å². The molecule has 0 unspecified atom stereocenters. The van der Waals surface area contributed by atoms with Crippen molar-refractivity contribution in [2.75, 3.05) is 0 Å². The molecule has 3 aromatic rings. The Morgan fingerprint density at radius 2 is 2.00 bits per heavy atom. The fraction of sp³-hybridized carbons (Fsp3) is 0.316. The van der Waals surface area contributed by atoms with Gasteiger partial charge in [0, 0.05) is 15.8 Å². The molecular weight excluding hydrogens is 355 g/mol. The van der Waals surface area contributed by atoms with E-state index in [1.807, 2.05) is 5.38 Å². The zero-order chi connectivity index (χ0) is 18.1. The monoisotopic (exact) mass is 372 g/mol. The van der Waals surface area contributed by atoms with Gasteiger partial charge in [0.1, 0.15) is 5.82 Å². The Kier molecular flexibility index (Phi) is 4.55. The van der Waals surface area contributed by atoms with Gasteiger partial charge in [-0.1, -0.05) is 0 Å². The molecule has 1 aromatic carbocycles. The first-order valence-corrected chi connectivity index (χ1v) is 9.39. The Morgan fingerprint density at radius 1 is 1.23 bits per heavy atom. The maximum absolute atomic E-state index is 13.0. The average Bonchev–Trinajstić information content (AvgIpc) is 3.30. The topological polar surface area (TPSA) is 65.2 Å². The van der Waals surface area contributed by atoms with Crippen LogP contribution in [0.3, 0.4) is 0 Å². The molecule has 4 rings (SSSR count). The Balaban J connectivity index is 1.48. The van der Waals surface area contributed by atoms with Crippen molar-refractivity contribution in [3.05, 3.63) is 57.4 Å². The van der Waals surface area contributed by atoms with Crippen LogP contribution in [0.4, 0.5) is 4.39 Å². The minimum Gasteiger partial charge on any atom is -0.449 e. The van der Waals surface area contributed by atoms with Gasteiger partial charge in [0.2, 0.25) is 5.89 Å². The van der Waals surface area contributed by atoms with Crippen LogP contribution >= 0.6 is 11.3 Å². The lowest BCUT2D eigenvalue weighted by molar-refractivity contribution is 0.0279. The molecule has 5 nitrogen and oxygen atoms in total. The first-order chi connectivity index (χ1) is 12.6. The number of nitrogens with zero attached hydrogens (tertiary/aromatic N) is 2. The molecule has 0 N–H and O–H groups in total. The number of rotatable bonds is 4. The van der Waals surface area contributed by atoms with Crippen LogP contribution in [0.1, 0.15) is 52.6 Å². The summed E-state index contributed by atoms with van der Waals surface area (Å²) in [5, 5.41) is 9.78. The fourth-order valence-corrected chi connectivity index (χ4v) is 4.16. The molecule has 0 aliphatic heterocycles. The Bertz CT molecular complexity index is 933. The van der Waals surface area contributed by atoms with Crippen molar-refractivity contribution in [2.24, 2.45) is 0 Å². The van der Waals surface area contributed by atoms with Crippen molar-refractivity contribution >= 4 is 17.3 Å². The zero-order valence-electron chi connectivity index (χ0n) is 14.2. The molecule has 0 bridgehead atoms. The van der Waals surface area contributed by atoms with E-state index < -0.39 is 6.10 Å². The van der Waals surface area contributed by atoms with E-state index in [9.17, 15) is 9.18 Å². The first-order valence-electron chi connectivity index (χ1n) is 8.51. The van der Waals surface area contributed by atoms with Gasteiger partial charge in [-0.15, -0.1) is 21.5 Å². The Labute approximate surface area is 153 Å². The van der Waals surface area contributed by atoms with E-state index in [4.69, 9.17) is 9.15 Å². The van der Waals surface area contributed by atoms with Crippen LogP contribution in [0.25, 0.3) is 11.5 Å². The first kappa shape index (κ1) is 16.9. The molecule has 0 saturated carbocycles. The van der Waals surface area contributed by atoms with Gasteiger partial charge in [0.25, 0.3) is 5.89 Å². The SMILES string of the molecule is C[C@H](OC(=O)c1csc2c1CCCC2)c1nnc(-c2ccc(F)cc2)o1. The molecule has 1 atom stereocenters. The summed E-state index contributed by atoms with van der Waals surface area (Å²) >= 11 is 1.62. The standard InChI is InChI=1S/C19H17FN2O3S/c1-11(17-21-22-18(25-17)12-6-8-13(20)9-7-12)24-19(23)15-10-26-16-5-3-2-4-14(15)16/h6-11H,2-5H2,1H3/t11-/m0/s1. The van der Waals surface area contributed by atoms with E-state index in [1.54, 1.807) is 30.4 Å². The average molecular weight is 372 g/mol. The minimum atomic E-state index is -0.664. The highest BCUT2D eigenvalue weighted by Crippen LogP contribution is 2.32. The van der Waals surface area contributed by atoms with Crippen LogP contribution in [-0.2, 0) is 17.6 Å². The van der Waals surface area contributed by atoms with Crippen LogP contribution in [0.15, 0.2) is 34.1 Å². The molecule has 1 aliphatic rings. The summed E-state index contributed by atoms with van der Waals surface area (Å²) < 4.78 is 24.1. The third kappa shape index (κ3) is 3.26. The van der Waals surface area contributed by atoms with Crippen molar-refractivity contribution < 1.29 is 18.3 Å². The van der Waals surface area contributed by atoms with E-state index in [0.717, 1.165) is 24.8 Å². The van der Waals surface area contributed by atoms with E-state index in [0.29, 0.717) is 11.1 Å².